The lowest BCUT2D eigenvalue weighted by Gasteiger charge is -2.27. The Balaban J connectivity index is 1.04. The molecule has 0 unspecified atom stereocenters. The molecule has 0 aliphatic carbocycles. The van der Waals surface area contributed by atoms with Crippen molar-refractivity contribution in [2.45, 2.75) is 0 Å². The van der Waals surface area contributed by atoms with E-state index in [9.17, 15) is 0 Å². The molecule has 4 nitrogen and oxygen atoms in total. The molecule has 0 bridgehead atoms. The quantitative estimate of drug-likeness (QED) is 0.161. The number of fused-ring (bicyclic) bond motifs is 9. The molecule has 3 heterocycles. The van der Waals surface area contributed by atoms with Crippen molar-refractivity contribution in [2.24, 2.45) is 0 Å². The Bertz CT molecular complexity index is 3880. The maximum absolute atomic E-state index is 6.59. The van der Waals surface area contributed by atoms with Gasteiger partial charge in [0.05, 0.1) is 11.1 Å². The Kier molecular flexibility index (Phi) is 8.18. The van der Waals surface area contributed by atoms with Crippen molar-refractivity contribution < 1.29 is 13.3 Å². The van der Waals surface area contributed by atoms with Crippen LogP contribution >= 0.6 is 0 Å². The van der Waals surface area contributed by atoms with Gasteiger partial charge in [-0.2, -0.15) is 0 Å². The highest BCUT2D eigenvalue weighted by Crippen LogP contribution is 2.50. The van der Waals surface area contributed by atoms with Gasteiger partial charge in [0, 0.05) is 49.4 Å². The Hall–Kier alpha value is -8.60. The van der Waals surface area contributed by atoms with Gasteiger partial charge in [0.25, 0.3) is 0 Å². The minimum absolute atomic E-state index is 0.846. The minimum atomic E-state index is 0.846. The summed E-state index contributed by atoms with van der Waals surface area (Å²) in [5.41, 5.74) is 17.3. The molecule has 0 fully saturated rings. The second kappa shape index (κ2) is 14.5. The molecule has 0 spiro atoms. The number of benzene rings is 10. The predicted octanol–water partition coefficient (Wildman–Crippen LogP) is 17.5. The smallest absolute Gasteiger partial charge is 0.137 e. The summed E-state index contributed by atoms with van der Waals surface area (Å²) < 4.78 is 19.5. The first-order chi connectivity index (χ1) is 31.7. The number of rotatable bonds is 7. The van der Waals surface area contributed by atoms with E-state index >= 15 is 0 Å². The summed E-state index contributed by atoms with van der Waals surface area (Å²) in [6.45, 7) is 0. The third-order valence-corrected chi connectivity index (χ3v) is 12.7. The molecule has 0 atom stereocenters. The fraction of sp³-hybridized carbons (Fsp3) is 0. The zero-order valence-corrected chi connectivity index (χ0v) is 34.5. The molecule has 10 aromatic carbocycles. The topological polar surface area (TPSA) is 42.7 Å². The van der Waals surface area contributed by atoms with Gasteiger partial charge in [0.15, 0.2) is 0 Å². The van der Waals surface area contributed by atoms with Crippen LogP contribution in [0.1, 0.15) is 0 Å². The summed E-state index contributed by atoms with van der Waals surface area (Å²) in [4.78, 5) is 2.35. The van der Waals surface area contributed by atoms with Gasteiger partial charge in [0.1, 0.15) is 33.5 Å². The first-order valence-corrected chi connectivity index (χ1v) is 21.7. The van der Waals surface area contributed by atoms with Crippen LogP contribution in [0.2, 0.25) is 0 Å². The lowest BCUT2D eigenvalue weighted by Crippen LogP contribution is -2.10. The largest absolute Gasteiger partial charge is 0.456 e. The van der Waals surface area contributed by atoms with E-state index in [1.54, 1.807) is 0 Å². The van der Waals surface area contributed by atoms with E-state index in [1.165, 1.54) is 5.56 Å². The van der Waals surface area contributed by atoms with Gasteiger partial charge in [-0.25, -0.2) is 0 Å². The van der Waals surface area contributed by atoms with Crippen LogP contribution in [0.4, 0.5) is 17.1 Å². The Morgan fingerprint density at radius 3 is 1.14 bits per heavy atom. The van der Waals surface area contributed by atoms with Gasteiger partial charge in [-0.05, 0) is 112 Å². The maximum Gasteiger partial charge on any atom is 0.137 e. The number of furan rings is 3. The third kappa shape index (κ3) is 5.70. The lowest BCUT2D eigenvalue weighted by atomic mass is 9.85. The van der Waals surface area contributed by atoms with E-state index in [0.29, 0.717) is 0 Å². The number of anilines is 3. The van der Waals surface area contributed by atoms with Gasteiger partial charge in [-0.15, -0.1) is 0 Å². The molecular weight excluding hydrogens is 783 g/mol. The molecule has 0 saturated carbocycles. The molecule has 13 aromatic rings. The van der Waals surface area contributed by atoms with Gasteiger partial charge in [0.2, 0.25) is 0 Å². The molecule has 0 N–H and O–H groups in total. The van der Waals surface area contributed by atoms with Crippen molar-refractivity contribution in [1.82, 2.24) is 0 Å². The molecule has 0 aliphatic heterocycles. The molecule has 0 radical (unpaired) electrons. The highest BCUT2D eigenvalue weighted by Gasteiger charge is 2.24. The highest BCUT2D eigenvalue weighted by atomic mass is 16.3. The van der Waals surface area contributed by atoms with Crippen molar-refractivity contribution in [3.8, 4) is 44.5 Å². The molecule has 3 aromatic heterocycles. The fourth-order valence-corrected chi connectivity index (χ4v) is 9.87. The summed E-state index contributed by atoms with van der Waals surface area (Å²) in [5.74, 6) is 0. The van der Waals surface area contributed by atoms with Crippen molar-refractivity contribution in [3.05, 3.63) is 224 Å². The average Bonchev–Trinajstić information content (AvgIpc) is 4.06. The lowest BCUT2D eigenvalue weighted by molar-refractivity contribution is 0.668. The second-order valence-electron chi connectivity index (χ2n) is 16.3. The van der Waals surface area contributed by atoms with Gasteiger partial charge in [-0.1, -0.05) is 146 Å². The van der Waals surface area contributed by atoms with E-state index in [2.05, 4.69) is 205 Å². The van der Waals surface area contributed by atoms with Crippen LogP contribution in [0.5, 0.6) is 0 Å². The number of hydrogen-bond donors (Lipinski definition) is 0. The molecule has 0 amide bonds. The summed E-state index contributed by atoms with van der Waals surface area (Å²) in [6.07, 6.45) is 0. The molecule has 4 heteroatoms. The zero-order chi connectivity index (χ0) is 42.1. The molecule has 0 saturated heterocycles. The Morgan fingerprint density at radius 2 is 0.625 bits per heavy atom. The molecule has 64 heavy (non-hydrogen) atoms. The van der Waals surface area contributed by atoms with Crippen LogP contribution in [-0.2, 0) is 0 Å². The molecule has 13 rings (SSSR count). The molecule has 300 valence electrons. The summed E-state index contributed by atoms with van der Waals surface area (Å²) in [7, 11) is 0. The van der Waals surface area contributed by atoms with Crippen LogP contribution in [-0.4, -0.2) is 0 Å². The van der Waals surface area contributed by atoms with Crippen LogP contribution in [0.15, 0.2) is 238 Å². The average molecular weight is 820 g/mol. The van der Waals surface area contributed by atoms with E-state index in [4.69, 9.17) is 13.3 Å². The summed E-state index contributed by atoms with van der Waals surface area (Å²) in [6, 6.07) is 79.2. The zero-order valence-electron chi connectivity index (χ0n) is 34.5. The van der Waals surface area contributed by atoms with Crippen molar-refractivity contribution >= 4 is 82.9 Å². The van der Waals surface area contributed by atoms with Crippen LogP contribution in [0, 0.1) is 0 Å². The Morgan fingerprint density at radius 1 is 0.250 bits per heavy atom. The summed E-state index contributed by atoms with van der Waals surface area (Å²) in [5, 5.41) is 6.51. The van der Waals surface area contributed by atoms with E-state index < -0.39 is 0 Å². The standard InChI is InChI=1S/C60H37NO3/c1-3-14-38(15-4-1)39-26-30-42(31-27-39)61(49-21-13-25-53-58(49)46-18-7-10-22-50(46)62-53)43-32-28-41(29-33-43)57-45(35-37-55-60(57)48-20-9-12-24-52(48)64-55)44-34-36-54-59(47-19-8-11-23-51(47)63-54)56(44)40-16-5-2-6-17-40/h1-37H. The van der Waals surface area contributed by atoms with Crippen molar-refractivity contribution in [2.75, 3.05) is 4.90 Å². The SMILES string of the molecule is c1ccc(-c2ccc(N(c3ccc(-c4c(-c5ccc6oc7ccccc7c6c5-c5ccccc5)ccc5oc6ccccc6c45)cc3)c3cccc4oc5ccccc5c34)cc2)cc1. The van der Waals surface area contributed by atoms with Crippen molar-refractivity contribution in [1.29, 1.82) is 0 Å². The normalized spacial score (nSPS) is 11.8. The summed E-state index contributed by atoms with van der Waals surface area (Å²) >= 11 is 0. The van der Waals surface area contributed by atoms with Crippen LogP contribution < -0.4 is 4.90 Å². The van der Waals surface area contributed by atoms with E-state index in [1.807, 2.05) is 24.3 Å². The van der Waals surface area contributed by atoms with Crippen LogP contribution in [0.3, 0.4) is 0 Å². The number of hydrogen-bond acceptors (Lipinski definition) is 4. The first kappa shape index (κ1) is 36.1. The van der Waals surface area contributed by atoms with E-state index in [0.717, 1.165) is 122 Å². The fourth-order valence-electron chi connectivity index (χ4n) is 9.87. The first-order valence-electron chi connectivity index (χ1n) is 21.7. The number of para-hydroxylation sites is 3. The monoisotopic (exact) mass is 819 g/mol. The molecular formula is C60H37NO3. The van der Waals surface area contributed by atoms with Crippen LogP contribution in [0.25, 0.3) is 110 Å². The maximum atomic E-state index is 6.59. The van der Waals surface area contributed by atoms with Gasteiger partial charge < -0.3 is 18.2 Å². The highest BCUT2D eigenvalue weighted by molar-refractivity contribution is 6.20. The molecule has 0 aliphatic rings. The van der Waals surface area contributed by atoms with E-state index in [-0.39, 0.29) is 0 Å². The minimum Gasteiger partial charge on any atom is -0.456 e. The third-order valence-electron chi connectivity index (χ3n) is 12.7. The predicted molar refractivity (Wildman–Crippen MR) is 265 cm³/mol. The second-order valence-corrected chi connectivity index (χ2v) is 16.3. The van der Waals surface area contributed by atoms with Gasteiger partial charge in [-0.3, -0.25) is 0 Å². The Labute approximate surface area is 368 Å². The van der Waals surface area contributed by atoms with Gasteiger partial charge >= 0.3 is 0 Å². The number of nitrogens with zero attached hydrogens (tertiary/aromatic N) is 1. The van der Waals surface area contributed by atoms with Crippen molar-refractivity contribution in [3.63, 3.8) is 0 Å².